The Hall–Kier alpha value is -0.870. The van der Waals surface area contributed by atoms with Gasteiger partial charge in [0.25, 0.3) is 0 Å². The average Bonchev–Trinajstić information content (AvgIpc) is 2.40. The topological polar surface area (TPSA) is 63.8 Å². The summed E-state index contributed by atoms with van der Waals surface area (Å²) in [7, 11) is 0. The molecule has 19 heavy (non-hydrogen) atoms. The van der Waals surface area contributed by atoms with Gasteiger partial charge in [-0.05, 0) is 67.4 Å². The number of halogens is 1. The molecule has 2 aliphatic carbocycles. The summed E-state index contributed by atoms with van der Waals surface area (Å²) in [6.45, 7) is 2.38. The number of hydrazine groups is 1. The second kappa shape index (κ2) is 5.25. The van der Waals surface area contributed by atoms with Gasteiger partial charge in [-0.25, -0.2) is 5.84 Å². The van der Waals surface area contributed by atoms with Gasteiger partial charge in [0.15, 0.2) is 11.0 Å². The maximum absolute atomic E-state index is 6.26. The van der Waals surface area contributed by atoms with E-state index in [9.17, 15) is 0 Å². The molecule has 4 nitrogen and oxygen atoms in total. The van der Waals surface area contributed by atoms with Gasteiger partial charge in [0.2, 0.25) is 0 Å². The van der Waals surface area contributed by atoms with Crippen LogP contribution in [0.3, 0.4) is 0 Å². The SMILES string of the molecule is CC1CC2CCC(c3cc(NN)nnc3Cl)C(C1)C2. The van der Waals surface area contributed by atoms with Crippen molar-refractivity contribution in [2.24, 2.45) is 23.6 Å². The molecule has 3 rings (SSSR count). The molecule has 4 unspecified atom stereocenters. The van der Waals surface area contributed by atoms with E-state index in [1.54, 1.807) is 0 Å². The third kappa shape index (κ3) is 2.56. The number of nitrogens with two attached hydrogens (primary N) is 1. The van der Waals surface area contributed by atoms with E-state index in [1.807, 2.05) is 6.07 Å². The second-order valence-electron chi connectivity index (χ2n) is 6.24. The highest BCUT2D eigenvalue weighted by Gasteiger charge is 2.37. The first kappa shape index (κ1) is 13.1. The van der Waals surface area contributed by atoms with Crippen molar-refractivity contribution in [1.82, 2.24) is 10.2 Å². The zero-order chi connectivity index (χ0) is 13.4. The maximum atomic E-state index is 6.26. The van der Waals surface area contributed by atoms with E-state index in [4.69, 9.17) is 17.4 Å². The largest absolute Gasteiger partial charge is 0.307 e. The van der Waals surface area contributed by atoms with E-state index >= 15 is 0 Å². The minimum atomic E-state index is 0.522. The number of anilines is 1. The molecule has 0 amide bonds. The Morgan fingerprint density at radius 3 is 2.89 bits per heavy atom. The molecule has 1 heterocycles. The van der Waals surface area contributed by atoms with Crippen molar-refractivity contribution in [3.05, 3.63) is 16.8 Å². The van der Waals surface area contributed by atoms with Crippen LogP contribution in [0.4, 0.5) is 5.82 Å². The highest BCUT2D eigenvalue weighted by Crippen LogP contribution is 2.50. The normalized spacial score (nSPS) is 34.1. The molecule has 2 saturated carbocycles. The predicted molar refractivity (Wildman–Crippen MR) is 76.8 cm³/mol. The Morgan fingerprint density at radius 1 is 1.26 bits per heavy atom. The zero-order valence-corrected chi connectivity index (χ0v) is 12.0. The predicted octanol–water partition coefficient (Wildman–Crippen LogP) is 3.35. The first-order valence-electron chi connectivity index (χ1n) is 7.17. The van der Waals surface area contributed by atoms with Crippen LogP contribution in [0.25, 0.3) is 0 Å². The number of hydrogen-bond acceptors (Lipinski definition) is 4. The summed E-state index contributed by atoms with van der Waals surface area (Å²) >= 11 is 6.26. The molecule has 2 aliphatic rings. The lowest BCUT2D eigenvalue weighted by atomic mass is 9.62. The van der Waals surface area contributed by atoms with Gasteiger partial charge in [0.05, 0.1) is 0 Å². The summed E-state index contributed by atoms with van der Waals surface area (Å²) in [6.07, 6.45) is 6.60. The Labute approximate surface area is 119 Å². The fourth-order valence-corrected chi connectivity index (χ4v) is 4.38. The standard InChI is InChI=1S/C14H21ClN4/c1-8-4-9-2-3-11(10(5-8)6-9)12-7-13(17-16)18-19-14(12)15/h7-11H,2-6,16H2,1H3,(H,17,18). The van der Waals surface area contributed by atoms with Gasteiger partial charge in [0.1, 0.15) is 0 Å². The highest BCUT2D eigenvalue weighted by molar-refractivity contribution is 6.30. The molecule has 0 saturated heterocycles. The smallest absolute Gasteiger partial charge is 0.163 e. The molecule has 4 atom stereocenters. The number of hydrogen-bond donors (Lipinski definition) is 2. The monoisotopic (exact) mass is 280 g/mol. The molecule has 0 aliphatic heterocycles. The van der Waals surface area contributed by atoms with E-state index in [-0.39, 0.29) is 0 Å². The number of rotatable bonds is 2. The minimum Gasteiger partial charge on any atom is -0.307 e. The lowest BCUT2D eigenvalue weighted by Crippen LogP contribution is -2.31. The molecule has 0 radical (unpaired) electrons. The van der Waals surface area contributed by atoms with E-state index in [2.05, 4.69) is 22.5 Å². The minimum absolute atomic E-state index is 0.522. The van der Waals surface area contributed by atoms with Crippen molar-refractivity contribution in [2.45, 2.75) is 44.9 Å². The average molecular weight is 281 g/mol. The highest BCUT2D eigenvalue weighted by atomic mass is 35.5. The quantitative estimate of drug-likeness (QED) is 0.644. The van der Waals surface area contributed by atoms with Gasteiger partial charge in [-0.2, -0.15) is 0 Å². The summed E-state index contributed by atoms with van der Waals surface area (Å²) in [4.78, 5) is 0. The molecule has 1 aromatic rings. The summed E-state index contributed by atoms with van der Waals surface area (Å²) < 4.78 is 0. The van der Waals surface area contributed by atoms with Crippen LogP contribution in [0, 0.1) is 17.8 Å². The molecule has 0 aromatic carbocycles. The fourth-order valence-electron chi connectivity index (χ4n) is 4.15. The fraction of sp³-hybridized carbons (Fsp3) is 0.714. The Morgan fingerprint density at radius 2 is 2.11 bits per heavy atom. The lowest BCUT2D eigenvalue weighted by Gasteiger charge is -2.43. The molecule has 2 bridgehead atoms. The van der Waals surface area contributed by atoms with Crippen molar-refractivity contribution < 1.29 is 0 Å². The third-order valence-corrected chi connectivity index (χ3v) is 5.15. The molecule has 1 aromatic heterocycles. The van der Waals surface area contributed by atoms with Crippen molar-refractivity contribution in [3.8, 4) is 0 Å². The Balaban J connectivity index is 1.89. The molecule has 3 N–H and O–H groups in total. The Kier molecular flexibility index (Phi) is 3.63. The van der Waals surface area contributed by atoms with Gasteiger partial charge in [-0.15, -0.1) is 10.2 Å². The van der Waals surface area contributed by atoms with Gasteiger partial charge >= 0.3 is 0 Å². The van der Waals surface area contributed by atoms with Crippen LogP contribution in [0.1, 0.15) is 50.5 Å². The van der Waals surface area contributed by atoms with Gasteiger partial charge in [-0.1, -0.05) is 18.5 Å². The number of nitrogens with zero attached hydrogens (tertiary/aromatic N) is 2. The first-order chi connectivity index (χ1) is 9.17. The van der Waals surface area contributed by atoms with Crippen LogP contribution >= 0.6 is 11.6 Å². The van der Waals surface area contributed by atoms with Crippen LogP contribution < -0.4 is 11.3 Å². The third-order valence-electron chi connectivity index (χ3n) is 4.86. The Bertz CT molecular complexity index is 463. The van der Waals surface area contributed by atoms with E-state index < -0.39 is 0 Å². The molecule has 2 fully saturated rings. The van der Waals surface area contributed by atoms with Crippen molar-refractivity contribution >= 4 is 17.4 Å². The van der Waals surface area contributed by atoms with Crippen LogP contribution in [-0.4, -0.2) is 10.2 Å². The molecular weight excluding hydrogens is 260 g/mol. The van der Waals surface area contributed by atoms with Crippen molar-refractivity contribution in [3.63, 3.8) is 0 Å². The van der Waals surface area contributed by atoms with Gasteiger partial charge < -0.3 is 5.43 Å². The first-order valence-corrected chi connectivity index (χ1v) is 7.55. The van der Waals surface area contributed by atoms with E-state index in [0.717, 1.165) is 23.3 Å². The second-order valence-corrected chi connectivity index (χ2v) is 6.60. The summed E-state index contributed by atoms with van der Waals surface area (Å²) in [5.74, 6) is 9.06. The van der Waals surface area contributed by atoms with Gasteiger partial charge in [0, 0.05) is 0 Å². The van der Waals surface area contributed by atoms with Crippen LogP contribution in [0.5, 0.6) is 0 Å². The lowest BCUT2D eigenvalue weighted by molar-refractivity contribution is 0.124. The molecular formula is C14H21ClN4. The van der Waals surface area contributed by atoms with Crippen LogP contribution in [0.15, 0.2) is 6.07 Å². The maximum Gasteiger partial charge on any atom is 0.163 e. The van der Waals surface area contributed by atoms with Crippen molar-refractivity contribution in [2.75, 3.05) is 5.43 Å². The van der Waals surface area contributed by atoms with Gasteiger partial charge in [-0.3, -0.25) is 0 Å². The van der Waals surface area contributed by atoms with Crippen LogP contribution in [0.2, 0.25) is 5.15 Å². The molecule has 5 heteroatoms. The molecule has 0 spiro atoms. The zero-order valence-electron chi connectivity index (χ0n) is 11.3. The summed E-state index contributed by atoms with van der Waals surface area (Å²) in [6, 6.07) is 1.97. The van der Waals surface area contributed by atoms with Crippen molar-refractivity contribution in [1.29, 1.82) is 0 Å². The number of nitrogens with one attached hydrogen (secondary N) is 1. The summed E-state index contributed by atoms with van der Waals surface area (Å²) in [5, 5.41) is 8.49. The van der Waals surface area contributed by atoms with E-state index in [1.165, 1.54) is 32.1 Å². The van der Waals surface area contributed by atoms with Crippen LogP contribution in [-0.2, 0) is 0 Å². The van der Waals surface area contributed by atoms with E-state index in [0.29, 0.717) is 16.9 Å². The number of nitrogen functional groups attached to an aromatic ring is 1. The molecule has 104 valence electrons. The number of fused-ring (bicyclic) bond motifs is 2. The number of aromatic nitrogens is 2. The summed E-state index contributed by atoms with van der Waals surface area (Å²) in [5.41, 5.74) is 3.69.